The molecule has 0 aliphatic rings. The van der Waals surface area contributed by atoms with Gasteiger partial charge < -0.3 is 5.32 Å². The number of amides is 1. The normalized spacial score (nSPS) is 10.2. The van der Waals surface area contributed by atoms with Crippen LogP contribution in [-0.2, 0) is 6.54 Å². The number of nitrogens with one attached hydrogen (secondary N) is 1. The van der Waals surface area contributed by atoms with Gasteiger partial charge in [0.15, 0.2) is 0 Å². The monoisotopic (exact) mass is 260 g/mol. The predicted molar refractivity (Wildman–Crippen MR) is 69.0 cm³/mol. The Morgan fingerprint density at radius 2 is 2.26 bits per heavy atom. The maximum atomic E-state index is 12.0. The average Bonchev–Trinajstić information content (AvgIpc) is 2.87. The van der Waals surface area contributed by atoms with E-state index in [0.29, 0.717) is 17.9 Å². The highest BCUT2D eigenvalue weighted by Gasteiger charge is 2.13. The Morgan fingerprint density at radius 3 is 2.95 bits per heavy atom. The molecule has 0 saturated carbocycles. The van der Waals surface area contributed by atoms with Crippen molar-refractivity contribution >= 4 is 17.3 Å². The molecule has 0 spiro atoms. The molecule has 1 aromatic carbocycles. The van der Waals surface area contributed by atoms with E-state index >= 15 is 0 Å². The third-order valence-corrected chi connectivity index (χ3v) is 2.56. The Labute approximate surface area is 109 Å². The summed E-state index contributed by atoms with van der Waals surface area (Å²) in [6.45, 7) is 2.45. The molecule has 1 aromatic heterocycles. The second-order valence-electron chi connectivity index (χ2n) is 3.79. The molecule has 7 nitrogen and oxygen atoms in total. The highest BCUT2D eigenvalue weighted by atomic mass is 16.6. The molecule has 0 fully saturated rings. The molecule has 0 aliphatic carbocycles. The minimum atomic E-state index is -0.508. The number of aromatic nitrogens is 2. The van der Waals surface area contributed by atoms with Gasteiger partial charge in [0.2, 0.25) is 0 Å². The van der Waals surface area contributed by atoms with Gasteiger partial charge in [0.25, 0.3) is 11.6 Å². The first-order valence-electron chi connectivity index (χ1n) is 5.69. The smallest absolute Gasteiger partial charge is 0.273 e. The SMILES string of the molecule is CCn1nccc1C(=O)Nc1cccc([N+](=O)[O-])c1. The Balaban J connectivity index is 2.19. The van der Waals surface area contributed by atoms with Crippen LogP contribution in [0.4, 0.5) is 11.4 Å². The number of carbonyl (C=O) groups excluding carboxylic acids is 1. The Kier molecular flexibility index (Phi) is 3.56. The molecule has 0 bridgehead atoms. The number of hydrogen-bond acceptors (Lipinski definition) is 4. The van der Waals surface area contributed by atoms with E-state index in [1.165, 1.54) is 24.4 Å². The Hall–Kier alpha value is -2.70. The van der Waals surface area contributed by atoms with Gasteiger partial charge in [-0.15, -0.1) is 0 Å². The van der Waals surface area contributed by atoms with Crippen molar-refractivity contribution in [2.24, 2.45) is 0 Å². The molecule has 0 unspecified atom stereocenters. The van der Waals surface area contributed by atoms with E-state index in [4.69, 9.17) is 0 Å². The van der Waals surface area contributed by atoms with Crippen LogP contribution < -0.4 is 5.32 Å². The molecule has 7 heteroatoms. The molecule has 0 radical (unpaired) electrons. The van der Waals surface area contributed by atoms with E-state index in [-0.39, 0.29) is 11.6 Å². The summed E-state index contributed by atoms with van der Waals surface area (Å²) in [5, 5.41) is 17.2. The molecular formula is C12H12N4O3. The molecule has 0 atom stereocenters. The predicted octanol–water partition coefficient (Wildman–Crippen LogP) is 2.06. The molecule has 1 heterocycles. The molecule has 98 valence electrons. The quantitative estimate of drug-likeness (QED) is 0.673. The van der Waals surface area contributed by atoms with Gasteiger partial charge in [-0.2, -0.15) is 5.10 Å². The van der Waals surface area contributed by atoms with Crippen LogP contribution in [-0.4, -0.2) is 20.6 Å². The lowest BCUT2D eigenvalue weighted by molar-refractivity contribution is -0.384. The van der Waals surface area contributed by atoms with Crippen LogP contribution in [0.15, 0.2) is 36.5 Å². The molecular weight excluding hydrogens is 248 g/mol. The van der Waals surface area contributed by atoms with E-state index in [0.717, 1.165) is 0 Å². The molecule has 2 rings (SSSR count). The first-order chi connectivity index (χ1) is 9.11. The van der Waals surface area contributed by atoms with Gasteiger partial charge in [-0.25, -0.2) is 0 Å². The van der Waals surface area contributed by atoms with E-state index in [2.05, 4.69) is 10.4 Å². The molecule has 0 saturated heterocycles. The number of aryl methyl sites for hydroxylation is 1. The minimum Gasteiger partial charge on any atom is -0.320 e. The summed E-state index contributed by atoms with van der Waals surface area (Å²) in [6, 6.07) is 7.38. The third-order valence-electron chi connectivity index (χ3n) is 2.56. The lowest BCUT2D eigenvalue weighted by Crippen LogP contribution is -2.17. The van der Waals surface area contributed by atoms with Gasteiger partial charge in [0.05, 0.1) is 4.92 Å². The van der Waals surface area contributed by atoms with Gasteiger partial charge in [-0.05, 0) is 19.1 Å². The maximum Gasteiger partial charge on any atom is 0.273 e. The summed E-state index contributed by atoms with van der Waals surface area (Å²) in [4.78, 5) is 22.1. The highest BCUT2D eigenvalue weighted by molar-refractivity contribution is 6.03. The van der Waals surface area contributed by atoms with Crippen LogP contribution in [0.25, 0.3) is 0 Å². The Morgan fingerprint density at radius 1 is 1.47 bits per heavy atom. The van der Waals surface area contributed by atoms with Gasteiger partial charge in [0, 0.05) is 30.6 Å². The third kappa shape index (κ3) is 2.76. The molecule has 2 aromatic rings. The lowest BCUT2D eigenvalue weighted by Gasteiger charge is -2.06. The van der Waals surface area contributed by atoms with Crippen molar-refractivity contribution in [1.29, 1.82) is 0 Å². The van der Waals surface area contributed by atoms with Crippen molar-refractivity contribution in [2.45, 2.75) is 13.5 Å². The van der Waals surface area contributed by atoms with Crippen molar-refractivity contribution in [3.05, 3.63) is 52.3 Å². The van der Waals surface area contributed by atoms with E-state index in [9.17, 15) is 14.9 Å². The zero-order valence-corrected chi connectivity index (χ0v) is 10.2. The molecule has 0 aliphatic heterocycles. The number of nitro benzene ring substituents is 1. The van der Waals surface area contributed by atoms with Crippen LogP contribution in [0.3, 0.4) is 0 Å². The van der Waals surface area contributed by atoms with Crippen LogP contribution >= 0.6 is 0 Å². The molecule has 1 N–H and O–H groups in total. The number of non-ortho nitro benzene ring substituents is 1. The van der Waals surface area contributed by atoms with E-state index in [1.807, 2.05) is 6.92 Å². The zero-order chi connectivity index (χ0) is 13.8. The van der Waals surface area contributed by atoms with Crippen molar-refractivity contribution in [3.8, 4) is 0 Å². The summed E-state index contributed by atoms with van der Waals surface area (Å²) in [5.74, 6) is -0.347. The minimum absolute atomic E-state index is 0.0678. The second-order valence-corrected chi connectivity index (χ2v) is 3.79. The summed E-state index contributed by atoms with van der Waals surface area (Å²) < 4.78 is 1.55. The lowest BCUT2D eigenvalue weighted by atomic mass is 10.2. The fraction of sp³-hybridized carbons (Fsp3) is 0.167. The van der Waals surface area contributed by atoms with Gasteiger partial charge in [-0.3, -0.25) is 19.6 Å². The number of carbonyl (C=O) groups is 1. The number of rotatable bonds is 4. The number of benzene rings is 1. The fourth-order valence-corrected chi connectivity index (χ4v) is 1.67. The number of hydrogen-bond donors (Lipinski definition) is 1. The Bertz CT molecular complexity index is 621. The maximum absolute atomic E-state index is 12.0. The number of nitrogens with zero attached hydrogens (tertiary/aromatic N) is 3. The topological polar surface area (TPSA) is 90.1 Å². The van der Waals surface area contributed by atoms with Crippen molar-refractivity contribution < 1.29 is 9.72 Å². The summed E-state index contributed by atoms with van der Waals surface area (Å²) in [5.41, 5.74) is 0.721. The highest BCUT2D eigenvalue weighted by Crippen LogP contribution is 2.17. The van der Waals surface area contributed by atoms with Crippen molar-refractivity contribution in [2.75, 3.05) is 5.32 Å². The number of anilines is 1. The van der Waals surface area contributed by atoms with Gasteiger partial charge in [-0.1, -0.05) is 6.07 Å². The second kappa shape index (κ2) is 5.30. The largest absolute Gasteiger partial charge is 0.320 e. The molecule has 1 amide bonds. The van der Waals surface area contributed by atoms with Gasteiger partial charge >= 0.3 is 0 Å². The molecule has 19 heavy (non-hydrogen) atoms. The van der Waals surface area contributed by atoms with Crippen molar-refractivity contribution in [3.63, 3.8) is 0 Å². The van der Waals surface area contributed by atoms with Crippen LogP contribution in [0, 0.1) is 10.1 Å². The summed E-state index contributed by atoms with van der Waals surface area (Å²) >= 11 is 0. The summed E-state index contributed by atoms with van der Waals surface area (Å²) in [7, 11) is 0. The fourth-order valence-electron chi connectivity index (χ4n) is 1.67. The van der Waals surface area contributed by atoms with Crippen molar-refractivity contribution in [1.82, 2.24) is 9.78 Å². The average molecular weight is 260 g/mol. The van der Waals surface area contributed by atoms with Crippen LogP contribution in [0.1, 0.15) is 17.4 Å². The first kappa shape index (κ1) is 12.7. The number of nitro groups is 1. The van der Waals surface area contributed by atoms with Crippen LogP contribution in [0.5, 0.6) is 0 Å². The standard InChI is InChI=1S/C12H12N4O3/c1-2-15-11(6-7-13-15)12(17)14-9-4-3-5-10(8-9)16(18)19/h3-8H,2H2,1H3,(H,14,17). The first-order valence-corrected chi connectivity index (χ1v) is 5.69. The van der Waals surface area contributed by atoms with Crippen LogP contribution in [0.2, 0.25) is 0 Å². The van der Waals surface area contributed by atoms with E-state index < -0.39 is 4.92 Å². The van der Waals surface area contributed by atoms with Gasteiger partial charge in [0.1, 0.15) is 5.69 Å². The van der Waals surface area contributed by atoms with E-state index in [1.54, 1.807) is 16.8 Å². The summed E-state index contributed by atoms with van der Waals surface area (Å²) in [6.07, 6.45) is 1.53. The zero-order valence-electron chi connectivity index (χ0n) is 10.2.